The lowest BCUT2D eigenvalue weighted by atomic mass is 9.92. The van der Waals surface area contributed by atoms with E-state index < -0.39 is 0 Å². The lowest BCUT2D eigenvalue weighted by Crippen LogP contribution is -2.32. The minimum absolute atomic E-state index is 0.280. The quantitative estimate of drug-likeness (QED) is 0.512. The molecule has 0 aromatic carbocycles. The Morgan fingerprint density at radius 1 is 1.09 bits per heavy atom. The summed E-state index contributed by atoms with van der Waals surface area (Å²) in [6, 6.07) is 0.280. The molecule has 0 aromatic rings. The van der Waals surface area contributed by atoms with Gasteiger partial charge in [0.05, 0.1) is 0 Å². The summed E-state index contributed by atoms with van der Waals surface area (Å²) in [7, 11) is 0. The molecule has 68 valence electrons. The smallest absolute Gasteiger partial charge is 0.00654 e. The topological polar surface area (TPSA) is 78.1 Å². The Morgan fingerprint density at radius 3 is 1.82 bits per heavy atom. The van der Waals surface area contributed by atoms with Gasteiger partial charge < -0.3 is 17.2 Å². The van der Waals surface area contributed by atoms with Crippen molar-refractivity contribution in [3.8, 4) is 0 Å². The third kappa shape index (κ3) is 4.35. The Bertz CT molecular complexity index is 79.4. The van der Waals surface area contributed by atoms with E-state index in [4.69, 9.17) is 17.2 Å². The van der Waals surface area contributed by atoms with E-state index in [2.05, 4.69) is 6.92 Å². The monoisotopic (exact) mass is 159 g/mol. The van der Waals surface area contributed by atoms with Crippen molar-refractivity contribution in [3.05, 3.63) is 0 Å². The molecule has 0 aliphatic carbocycles. The fraction of sp³-hybridized carbons (Fsp3) is 1.00. The van der Waals surface area contributed by atoms with E-state index >= 15 is 0 Å². The third-order valence-electron chi connectivity index (χ3n) is 2.15. The van der Waals surface area contributed by atoms with Crippen molar-refractivity contribution < 1.29 is 0 Å². The lowest BCUT2D eigenvalue weighted by Gasteiger charge is -2.21. The predicted molar refractivity (Wildman–Crippen MR) is 49.1 cm³/mol. The van der Waals surface area contributed by atoms with Gasteiger partial charge in [-0.05, 0) is 38.3 Å². The first kappa shape index (κ1) is 10.9. The van der Waals surface area contributed by atoms with Crippen LogP contribution < -0.4 is 17.2 Å². The molecule has 0 bridgehead atoms. The molecule has 3 heteroatoms. The van der Waals surface area contributed by atoms with Gasteiger partial charge in [-0.3, -0.25) is 0 Å². The minimum Gasteiger partial charge on any atom is -0.330 e. The molecule has 0 aliphatic heterocycles. The molecule has 11 heavy (non-hydrogen) atoms. The van der Waals surface area contributed by atoms with E-state index in [9.17, 15) is 0 Å². The van der Waals surface area contributed by atoms with Crippen LogP contribution in [0.2, 0.25) is 0 Å². The first-order valence-corrected chi connectivity index (χ1v) is 4.42. The highest BCUT2D eigenvalue weighted by Gasteiger charge is 2.13. The summed E-state index contributed by atoms with van der Waals surface area (Å²) in [5.74, 6) is 0.523. The highest BCUT2D eigenvalue weighted by Crippen LogP contribution is 2.12. The summed E-state index contributed by atoms with van der Waals surface area (Å²) in [5.41, 5.74) is 16.8. The Labute approximate surface area is 69.3 Å². The molecule has 3 nitrogen and oxygen atoms in total. The largest absolute Gasteiger partial charge is 0.330 e. The molecular weight excluding hydrogens is 138 g/mol. The van der Waals surface area contributed by atoms with Gasteiger partial charge in [-0.2, -0.15) is 0 Å². The van der Waals surface area contributed by atoms with Crippen molar-refractivity contribution in [1.82, 2.24) is 0 Å². The van der Waals surface area contributed by atoms with Crippen LogP contribution in [-0.4, -0.2) is 19.1 Å². The first-order chi connectivity index (χ1) is 5.26. The van der Waals surface area contributed by atoms with Crippen molar-refractivity contribution >= 4 is 0 Å². The van der Waals surface area contributed by atoms with Crippen LogP contribution in [-0.2, 0) is 0 Å². The summed E-state index contributed by atoms with van der Waals surface area (Å²) >= 11 is 0. The predicted octanol–water partition coefficient (Wildman–Crippen LogP) is 0.0375. The third-order valence-corrected chi connectivity index (χ3v) is 2.15. The molecule has 0 heterocycles. The first-order valence-electron chi connectivity index (χ1n) is 4.42. The molecule has 0 amide bonds. The van der Waals surface area contributed by atoms with Gasteiger partial charge in [0, 0.05) is 6.04 Å². The van der Waals surface area contributed by atoms with Crippen LogP contribution >= 0.6 is 0 Å². The SMILES string of the molecule is CCC(N)C(CCN)CCN. The Morgan fingerprint density at radius 2 is 1.55 bits per heavy atom. The van der Waals surface area contributed by atoms with Crippen LogP contribution in [0.1, 0.15) is 26.2 Å². The molecule has 0 aromatic heterocycles. The van der Waals surface area contributed by atoms with Crippen LogP contribution in [0.4, 0.5) is 0 Å². The number of hydrogen-bond acceptors (Lipinski definition) is 3. The zero-order valence-corrected chi connectivity index (χ0v) is 7.42. The lowest BCUT2D eigenvalue weighted by molar-refractivity contribution is 0.370. The molecule has 0 saturated heterocycles. The normalized spacial score (nSPS) is 13.9. The van der Waals surface area contributed by atoms with Gasteiger partial charge in [-0.1, -0.05) is 6.92 Å². The van der Waals surface area contributed by atoms with Crippen LogP contribution in [0.15, 0.2) is 0 Å². The fourth-order valence-electron chi connectivity index (χ4n) is 1.33. The van der Waals surface area contributed by atoms with Gasteiger partial charge in [0.2, 0.25) is 0 Å². The highest BCUT2D eigenvalue weighted by molar-refractivity contribution is 4.72. The van der Waals surface area contributed by atoms with Crippen molar-refractivity contribution in [2.75, 3.05) is 13.1 Å². The van der Waals surface area contributed by atoms with Gasteiger partial charge in [-0.15, -0.1) is 0 Å². The van der Waals surface area contributed by atoms with Crippen LogP contribution in [0, 0.1) is 5.92 Å². The summed E-state index contributed by atoms with van der Waals surface area (Å²) in [5, 5.41) is 0. The van der Waals surface area contributed by atoms with Gasteiger partial charge in [-0.25, -0.2) is 0 Å². The molecule has 0 saturated carbocycles. The fourth-order valence-corrected chi connectivity index (χ4v) is 1.33. The standard InChI is InChI=1S/C8H21N3/c1-2-8(11)7(3-5-9)4-6-10/h7-8H,2-6,9-11H2,1H3. The Balaban J connectivity index is 3.66. The van der Waals surface area contributed by atoms with Gasteiger partial charge in [0.25, 0.3) is 0 Å². The van der Waals surface area contributed by atoms with E-state index in [1.807, 2.05) is 0 Å². The molecule has 6 N–H and O–H groups in total. The van der Waals surface area contributed by atoms with Crippen molar-refractivity contribution in [2.24, 2.45) is 23.1 Å². The van der Waals surface area contributed by atoms with E-state index in [-0.39, 0.29) is 6.04 Å². The van der Waals surface area contributed by atoms with Gasteiger partial charge in [0.1, 0.15) is 0 Å². The molecule has 1 atom stereocenters. The maximum Gasteiger partial charge on any atom is 0.00654 e. The molecular formula is C8H21N3. The Kier molecular flexibility index (Phi) is 6.51. The summed E-state index contributed by atoms with van der Waals surface area (Å²) in [6.45, 7) is 3.54. The second-order valence-electron chi connectivity index (χ2n) is 2.99. The molecule has 0 aliphatic rings. The van der Waals surface area contributed by atoms with Crippen molar-refractivity contribution in [3.63, 3.8) is 0 Å². The van der Waals surface area contributed by atoms with Gasteiger partial charge >= 0.3 is 0 Å². The summed E-state index contributed by atoms with van der Waals surface area (Å²) in [6.07, 6.45) is 3.03. The number of hydrogen-bond donors (Lipinski definition) is 3. The van der Waals surface area contributed by atoms with Gasteiger partial charge in [0.15, 0.2) is 0 Å². The molecule has 0 spiro atoms. The van der Waals surface area contributed by atoms with E-state index in [0.717, 1.165) is 32.4 Å². The van der Waals surface area contributed by atoms with Crippen LogP contribution in [0.5, 0.6) is 0 Å². The van der Waals surface area contributed by atoms with Crippen molar-refractivity contribution in [1.29, 1.82) is 0 Å². The molecule has 0 fully saturated rings. The maximum absolute atomic E-state index is 5.88. The number of rotatable bonds is 6. The van der Waals surface area contributed by atoms with Crippen LogP contribution in [0.3, 0.4) is 0 Å². The zero-order chi connectivity index (χ0) is 8.69. The summed E-state index contributed by atoms with van der Waals surface area (Å²) < 4.78 is 0. The molecule has 1 unspecified atom stereocenters. The average Bonchev–Trinajstić information content (AvgIpc) is 2.03. The number of nitrogens with two attached hydrogens (primary N) is 3. The summed E-state index contributed by atoms with van der Waals surface area (Å²) in [4.78, 5) is 0. The van der Waals surface area contributed by atoms with E-state index in [1.165, 1.54) is 0 Å². The molecule has 0 radical (unpaired) electrons. The van der Waals surface area contributed by atoms with Crippen molar-refractivity contribution in [2.45, 2.75) is 32.2 Å². The van der Waals surface area contributed by atoms with E-state index in [1.54, 1.807) is 0 Å². The highest BCUT2D eigenvalue weighted by atomic mass is 14.7. The second kappa shape index (κ2) is 6.58. The van der Waals surface area contributed by atoms with Crippen LogP contribution in [0.25, 0.3) is 0 Å². The minimum atomic E-state index is 0.280. The second-order valence-corrected chi connectivity index (χ2v) is 2.99. The maximum atomic E-state index is 5.88. The van der Waals surface area contributed by atoms with E-state index in [0.29, 0.717) is 5.92 Å². The molecule has 0 rings (SSSR count). The average molecular weight is 159 g/mol. The zero-order valence-electron chi connectivity index (χ0n) is 7.42. The Hall–Kier alpha value is -0.120.